The summed E-state index contributed by atoms with van der Waals surface area (Å²) in [6.07, 6.45) is -0.740. The van der Waals surface area contributed by atoms with Crippen LogP contribution in [-0.4, -0.2) is 9.96 Å². The minimum absolute atomic E-state index is 0.740. The number of hydrogen-bond donors (Lipinski definition) is 0. The molecule has 0 aliphatic carbocycles. The second kappa shape index (κ2) is 7.05. The third-order valence-electron chi connectivity index (χ3n) is 3.41. The van der Waals surface area contributed by atoms with Crippen molar-refractivity contribution in [1.82, 2.24) is 0 Å². The Hall–Kier alpha value is -2.12. The highest BCUT2D eigenvalue weighted by molar-refractivity contribution is 6.85. The second-order valence-corrected chi connectivity index (χ2v) is 7.21. The number of hydrogen-bond acceptors (Lipinski definition) is 0. The first kappa shape index (κ1) is 10.6. The summed E-state index contributed by atoms with van der Waals surface area (Å²) in [4.78, 5) is 0. The van der Waals surface area contributed by atoms with Gasteiger partial charge >= 0.3 is 0 Å². The van der Waals surface area contributed by atoms with E-state index in [0.717, 1.165) is 15.9 Å². The van der Waals surface area contributed by atoms with Crippen molar-refractivity contribution in [3.8, 4) is 0 Å². The summed E-state index contributed by atoms with van der Waals surface area (Å²) < 4.78 is 26.8. The van der Waals surface area contributed by atoms with Gasteiger partial charge in [-0.05, 0) is 18.0 Å². The molecule has 3 rings (SSSR count). The van der Waals surface area contributed by atoms with Crippen LogP contribution in [-0.2, 0) is 6.40 Å². The molecule has 0 nitrogen and oxygen atoms in total. The fourth-order valence-corrected chi connectivity index (χ4v) is 4.52. The average molecular weight is 291 g/mol. The number of benzene rings is 3. The number of aryl methyl sites for hydroxylation is 1. The van der Waals surface area contributed by atoms with Crippen LogP contribution in [0.3, 0.4) is 0 Å². The molecule has 0 aliphatic heterocycles. The summed E-state index contributed by atoms with van der Waals surface area (Å²) in [6.45, 7) is 0. The van der Waals surface area contributed by atoms with Gasteiger partial charge in [0.15, 0.2) is 0 Å². The Kier molecular flexibility index (Phi) is 3.55. The molecule has 0 heterocycles. The van der Waals surface area contributed by atoms with Crippen LogP contribution >= 0.6 is 0 Å². The molecule has 3 aromatic rings. The zero-order chi connectivity index (χ0) is 17.0. The molecule has 0 N–H and O–H groups in total. The maximum absolute atomic E-state index is 9.32. The van der Waals surface area contributed by atoms with E-state index in [2.05, 4.69) is 0 Å². The molecule has 104 valence electrons. The molecule has 0 spiro atoms. The molecule has 0 amide bonds. The normalized spacial score (nSPS) is 16.3. The molecular weight excluding hydrogens is 268 g/mol. The molecule has 0 saturated heterocycles. The Morgan fingerprint density at radius 3 is 1.57 bits per heavy atom. The molecule has 3 aromatic carbocycles. The lowest BCUT2D eigenvalue weighted by atomic mass is 10.2. The first-order valence-electron chi connectivity index (χ1n) is 8.80. The van der Waals surface area contributed by atoms with Gasteiger partial charge in [0.25, 0.3) is 0 Å². The number of rotatable bonds is 5. The maximum atomic E-state index is 9.32. The van der Waals surface area contributed by atoms with E-state index < -0.39 is 21.1 Å². The quantitative estimate of drug-likeness (QED) is 0.633. The van der Waals surface area contributed by atoms with E-state index in [1.54, 1.807) is 0 Å². The van der Waals surface area contributed by atoms with E-state index in [9.17, 15) is 1.23 Å². The summed E-state index contributed by atoms with van der Waals surface area (Å²) in [7, 11) is -3.12. The molecule has 0 aliphatic rings. The van der Waals surface area contributed by atoms with Crippen molar-refractivity contribution in [3.63, 3.8) is 0 Å². The van der Waals surface area contributed by atoms with Crippen molar-refractivity contribution in [2.75, 3.05) is 0 Å². The van der Waals surface area contributed by atoms with E-state index in [1.807, 2.05) is 91.0 Å². The highest BCUT2D eigenvalue weighted by Gasteiger charge is 2.15. The van der Waals surface area contributed by atoms with Gasteiger partial charge in [0, 0.05) is 3.98 Å². The van der Waals surface area contributed by atoms with Gasteiger partial charge in [0.2, 0.25) is 0 Å². The van der Waals surface area contributed by atoms with Crippen LogP contribution in [0.2, 0.25) is 6.02 Å². The zero-order valence-electron chi connectivity index (χ0n) is 14.8. The van der Waals surface area contributed by atoms with Crippen molar-refractivity contribution in [3.05, 3.63) is 96.6 Å². The fourth-order valence-electron chi connectivity index (χ4n) is 2.34. The van der Waals surface area contributed by atoms with Crippen LogP contribution < -0.4 is 10.4 Å². The molecule has 0 saturated carbocycles. The van der Waals surface area contributed by atoms with Gasteiger partial charge in [0.05, 0.1) is 0 Å². The Morgan fingerprint density at radius 1 is 0.667 bits per heavy atom. The molecule has 0 bridgehead atoms. The Balaban J connectivity index is 2.08. The highest BCUT2D eigenvalue weighted by Crippen LogP contribution is 2.06. The Bertz CT molecular complexity index is 723. The van der Waals surface area contributed by atoms with Crippen molar-refractivity contribution >= 4 is 19.1 Å². The summed E-state index contributed by atoms with van der Waals surface area (Å²) in [5.74, 6) is 0. The largest absolute Gasteiger partial charge is 0.103 e. The fraction of sp³-hybridized carbons (Fsp3) is 0.100. The standard InChI is InChI=1S/C20H20Si/c1-4-10-18(11-5-1)16-17-21(19-12-6-2-7-13-19)20-14-8-3-9-15-20/h1-15,21H,16-17H2/i16D,17D,21D. The molecular formula is C20H20Si. The van der Waals surface area contributed by atoms with E-state index in [1.165, 1.54) is 0 Å². The van der Waals surface area contributed by atoms with Gasteiger partial charge in [-0.25, -0.2) is 0 Å². The molecule has 2 unspecified atom stereocenters. The monoisotopic (exact) mass is 291 g/mol. The van der Waals surface area contributed by atoms with Crippen LogP contribution in [0.25, 0.3) is 0 Å². The minimum Gasteiger partial charge on any atom is -0.0629 e. The lowest BCUT2D eigenvalue weighted by molar-refractivity contribution is 1.12. The van der Waals surface area contributed by atoms with Crippen LogP contribution in [0.5, 0.6) is 0 Å². The van der Waals surface area contributed by atoms with Gasteiger partial charge in [0.1, 0.15) is 8.73 Å². The second-order valence-electron chi connectivity index (χ2n) is 4.89. The lowest BCUT2D eigenvalue weighted by Crippen LogP contribution is -2.42. The first-order chi connectivity index (χ1) is 11.6. The van der Waals surface area contributed by atoms with Crippen molar-refractivity contribution in [2.45, 2.75) is 12.4 Å². The Morgan fingerprint density at radius 2 is 1.10 bits per heavy atom. The predicted molar refractivity (Wildman–Crippen MR) is 94.3 cm³/mol. The molecule has 0 aromatic heterocycles. The van der Waals surface area contributed by atoms with Crippen LogP contribution in [0.4, 0.5) is 0 Å². The third kappa shape index (κ3) is 3.70. The molecule has 0 radical (unpaired) electrons. The lowest BCUT2D eigenvalue weighted by Gasteiger charge is -2.16. The van der Waals surface area contributed by atoms with Gasteiger partial charge < -0.3 is 0 Å². The van der Waals surface area contributed by atoms with Gasteiger partial charge in [-0.15, -0.1) is 0 Å². The van der Waals surface area contributed by atoms with Gasteiger partial charge in [-0.3, -0.25) is 0 Å². The Labute approximate surface area is 132 Å². The smallest absolute Gasteiger partial charge is 0.0629 e. The van der Waals surface area contributed by atoms with Crippen molar-refractivity contribution in [2.24, 2.45) is 0 Å². The van der Waals surface area contributed by atoms with Crippen LogP contribution in [0.1, 0.15) is 8.30 Å². The zero-order valence-corrected chi connectivity index (χ0v) is 12.8. The molecule has 1 heteroatoms. The first-order valence-corrected chi connectivity index (χ1v) is 8.72. The molecule has 0 fully saturated rings. The van der Waals surface area contributed by atoms with Gasteiger partial charge in [-0.1, -0.05) is 101 Å². The maximum Gasteiger partial charge on any atom is 0.103 e. The van der Waals surface area contributed by atoms with Crippen molar-refractivity contribution < 1.29 is 2.74 Å². The SMILES string of the molecule is [2H]C(c1ccccc1)C([2H])[Si]([2H])(c1ccccc1)c1ccccc1. The van der Waals surface area contributed by atoms with E-state index in [-0.39, 0.29) is 0 Å². The summed E-state index contributed by atoms with van der Waals surface area (Å²) >= 11 is 0. The topological polar surface area (TPSA) is 0 Å². The molecule has 2 atom stereocenters. The van der Waals surface area contributed by atoms with E-state index >= 15 is 0 Å². The summed E-state index contributed by atoms with van der Waals surface area (Å²) in [6, 6.07) is 27.9. The van der Waals surface area contributed by atoms with Crippen molar-refractivity contribution in [1.29, 1.82) is 1.23 Å². The van der Waals surface area contributed by atoms with E-state index in [4.69, 9.17) is 2.74 Å². The predicted octanol–water partition coefficient (Wildman–Crippen LogP) is 3.27. The van der Waals surface area contributed by atoms with Crippen LogP contribution in [0, 0.1) is 0 Å². The minimum atomic E-state index is -3.12. The summed E-state index contributed by atoms with van der Waals surface area (Å²) in [5.41, 5.74) is 0.800. The van der Waals surface area contributed by atoms with E-state index in [0.29, 0.717) is 0 Å². The van der Waals surface area contributed by atoms with Crippen LogP contribution in [0.15, 0.2) is 91.0 Å². The average Bonchev–Trinajstić information content (AvgIpc) is 2.68. The summed E-state index contributed by atoms with van der Waals surface area (Å²) in [5, 5.41) is 1.76. The molecule has 21 heavy (non-hydrogen) atoms. The third-order valence-corrected chi connectivity index (χ3v) is 5.82. The van der Waals surface area contributed by atoms with Gasteiger partial charge in [-0.2, -0.15) is 0 Å². The highest BCUT2D eigenvalue weighted by atomic mass is 28.3.